The van der Waals surface area contributed by atoms with E-state index in [1.807, 2.05) is 19.1 Å². The molecule has 1 aliphatic heterocycles. The molecule has 0 bridgehead atoms. The van der Waals surface area contributed by atoms with Crippen molar-refractivity contribution in [3.63, 3.8) is 0 Å². The molecule has 1 fully saturated rings. The van der Waals surface area contributed by atoms with Gasteiger partial charge in [0, 0.05) is 49.3 Å². The number of likely N-dealkylation sites (N-methyl/N-ethyl adjacent to an activating group) is 1. The van der Waals surface area contributed by atoms with Crippen LogP contribution in [0.5, 0.6) is 0 Å². The molecule has 3 N–H and O–H groups in total. The molecule has 1 aliphatic rings. The van der Waals surface area contributed by atoms with E-state index in [0.29, 0.717) is 28.5 Å². The number of halogens is 3. The molecule has 1 aromatic carbocycles. The number of hydrogen-bond donors (Lipinski definition) is 2. The molecule has 0 saturated carbocycles. The Morgan fingerprint density at radius 2 is 1.88 bits per heavy atom. The summed E-state index contributed by atoms with van der Waals surface area (Å²) in [6.45, 7) is 10.5. The third-order valence-corrected chi connectivity index (χ3v) is 5.09. The number of nitrogens with zero attached hydrogens (tertiary/aromatic N) is 3. The third-order valence-electron chi connectivity index (χ3n) is 4.53. The lowest BCUT2D eigenvalue weighted by atomic mass is 10.1. The zero-order chi connectivity index (χ0) is 18.4. The molecule has 1 aromatic rings. The van der Waals surface area contributed by atoms with Crippen LogP contribution in [0.3, 0.4) is 0 Å². The number of piperazine rings is 1. The minimum Gasteiger partial charge on any atom is -0.370 e. The largest absolute Gasteiger partial charge is 0.370 e. The second-order valence-corrected chi connectivity index (χ2v) is 7.81. The summed E-state index contributed by atoms with van der Waals surface area (Å²) in [5.41, 5.74) is 6.99. The van der Waals surface area contributed by atoms with Gasteiger partial charge in [0.25, 0.3) is 0 Å². The van der Waals surface area contributed by atoms with Gasteiger partial charge in [-0.05, 0) is 37.6 Å². The first kappa shape index (κ1) is 23.8. The van der Waals surface area contributed by atoms with Crippen LogP contribution in [0.1, 0.15) is 25.5 Å². The summed E-state index contributed by atoms with van der Waals surface area (Å²) in [7, 11) is 2.17. The Kier molecular flexibility index (Phi) is 10.5. The second kappa shape index (κ2) is 11.5. The average molecular weight is 514 g/mol. The van der Waals surface area contributed by atoms with Gasteiger partial charge in [0.1, 0.15) is 0 Å². The fraction of sp³-hybridized carbons (Fsp3) is 0.611. The first-order chi connectivity index (χ1) is 11.8. The zero-order valence-electron chi connectivity index (χ0n) is 15.7. The molecule has 2 unspecified atom stereocenters. The predicted molar refractivity (Wildman–Crippen MR) is 123 cm³/mol. The highest BCUT2D eigenvalue weighted by Crippen LogP contribution is 2.25. The number of nitrogens with two attached hydrogens (primary N) is 1. The molecule has 2 atom stereocenters. The van der Waals surface area contributed by atoms with E-state index in [-0.39, 0.29) is 30.0 Å². The minimum atomic E-state index is -0.0264. The highest BCUT2D eigenvalue weighted by Gasteiger charge is 2.16. The van der Waals surface area contributed by atoms with Gasteiger partial charge in [0.15, 0.2) is 5.96 Å². The fourth-order valence-corrected chi connectivity index (χ4v) is 3.55. The van der Waals surface area contributed by atoms with E-state index in [1.54, 1.807) is 6.07 Å². The molecule has 0 radical (unpaired) electrons. The first-order valence-electron chi connectivity index (χ1n) is 8.77. The van der Waals surface area contributed by atoms with E-state index in [0.717, 1.165) is 38.3 Å². The van der Waals surface area contributed by atoms with Crippen molar-refractivity contribution in [2.24, 2.45) is 16.6 Å². The van der Waals surface area contributed by atoms with Gasteiger partial charge in [0.2, 0.25) is 0 Å². The summed E-state index contributed by atoms with van der Waals surface area (Å²) in [5, 5.41) is 4.45. The predicted octanol–water partition coefficient (Wildman–Crippen LogP) is 3.46. The van der Waals surface area contributed by atoms with E-state index in [2.05, 4.69) is 34.1 Å². The second-order valence-electron chi connectivity index (χ2n) is 6.97. The van der Waals surface area contributed by atoms with Crippen molar-refractivity contribution in [3.05, 3.63) is 33.8 Å². The topological polar surface area (TPSA) is 56.9 Å². The Morgan fingerprint density at radius 3 is 2.50 bits per heavy atom. The maximum absolute atomic E-state index is 6.24. The molecule has 0 amide bonds. The molecular weight excluding hydrogens is 484 g/mol. The van der Waals surface area contributed by atoms with E-state index in [9.17, 15) is 0 Å². The monoisotopic (exact) mass is 513 g/mol. The van der Waals surface area contributed by atoms with E-state index in [4.69, 9.17) is 28.9 Å². The Balaban J connectivity index is 0.00000338. The Bertz CT molecular complexity index is 591. The molecule has 5 nitrogen and oxygen atoms in total. The normalized spacial score (nSPS) is 18.9. The number of rotatable bonds is 6. The molecule has 0 aliphatic carbocycles. The molecule has 8 heteroatoms. The lowest BCUT2D eigenvalue weighted by Gasteiger charge is -2.33. The van der Waals surface area contributed by atoms with Crippen LogP contribution in [0.4, 0.5) is 0 Å². The molecule has 0 spiro atoms. The number of nitrogens with one attached hydrogen (secondary N) is 1. The van der Waals surface area contributed by atoms with Crippen LogP contribution in [-0.4, -0.2) is 62.1 Å². The first-order valence-corrected chi connectivity index (χ1v) is 9.53. The molecule has 148 valence electrons. The summed E-state index contributed by atoms with van der Waals surface area (Å²) in [6.07, 6.45) is 0. The van der Waals surface area contributed by atoms with Crippen LogP contribution in [0.2, 0.25) is 10.0 Å². The van der Waals surface area contributed by atoms with Gasteiger partial charge in [0.05, 0.1) is 6.04 Å². The van der Waals surface area contributed by atoms with Crippen LogP contribution < -0.4 is 11.1 Å². The quantitative estimate of drug-likeness (QED) is 0.347. The van der Waals surface area contributed by atoms with E-state index in [1.165, 1.54) is 0 Å². The van der Waals surface area contributed by atoms with Crippen LogP contribution in [0.15, 0.2) is 23.2 Å². The summed E-state index contributed by atoms with van der Waals surface area (Å²) in [5.74, 6) is 0.918. The Labute approximate surface area is 184 Å². The molecule has 0 aromatic heterocycles. The van der Waals surface area contributed by atoms with Gasteiger partial charge in [-0.15, -0.1) is 24.0 Å². The van der Waals surface area contributed by atoms with E-state index >= 15 is 0 Å². The number of benzene rings is 1. The van der Waals surface area contributed by atoms with Crippen LogP contribution in [0, 0.1) is 5.92 Å². The minimum absolute atomic E-state index is 0. The Morgan fingerprint density at radius 1 is 1.23 bits per heavy atom. The van der Waals surface area contributed by atoms with Crippen molar-refractivity contribution in [2.75, 3.05) is 46.3 Å². The van der Waals surface area contributed by atoms with Gasteiger partial charge in [-0.1, -0.05) is 36.2 Å². The summed E-state index contributed by atoms with van der Waals surface area (Å²) >= 11 is 12.2. The number of aliphatic imine (C=N–C) groups is 1. The number of hydrogen-bond acceptors (Lipinski definition) is 3. The summed E-state index contributed by atoms with van der Waals surface area (Å²) in [6, 6.07) is 5.45. The molecule has 2 rings (SSSR count). The molecule has 1 saturated heterocycles. The van der Waals surface area contributed by atoms with Crippen molar-refractivity contribution in [1.29, 1.82) is 0 Å². The van der Waals surface area contributed by atoms with Gasteiger partial charge >= 0.3 is 0 Å². The maximum atomic E-state index is 6.24. The summed E-state index contributed by atoms with van der Waals surface area (Å²) < 4.78 is 0. The lowest BCUT2D eigenvalue weighted by Crippen LogP contribution is -2.46. The molecular formula is C18H30Cl2IN5. The SMILES string of the molecule is CC(CN=C(N)NC(C)c1ccc(Cl)cc1Cl)CN1CCN(C)CC1.I. The van der Waals surface area contributed by atoms with E-state index < -0.39 is 0 Å². The van der Waals surface area contributed by atoms with Crippen molar-refractivity contribution >= 4 is 53.1 Å². The highest BCUT2D eigenvalue weighted by molar-refractivity contribution is 14.0. The third kappa shape index (κ3) is 7.76. The van der Waals surface area contributed by atoms with Crippen LogP contribution >= 0.6 is 47.2 Å². The maximum Gasteiger partial charge on any atom is 0.189 e. The van der Waals surface area contributed by atoms with Gasteiger partial charge in [-0.3, -0.25) is 4.99 Å². The van der Waals surface area contributed by atoms with Crippen molar-refractivity contribution in [2.45, 2.75) is 19.9 Å². The Hall–Kier alpha value is -0.280. The van der Waals surface area contributed by atoms with Gasteiger partial charge in [-0.25, -0.2) is 0 Å². The van der Waals surface area contributed by atoms with Crippen molar-refractivity contribution in [3.8, 4) is 0 Å². The van der Waals surface area contributed by atoms with Crippen LogP contribution in [0.25, 0.3) is 0 Å². The zero-order valence-corrected chi connectivity index (χ0v) is 19.6. The van der Waals surface area contributed by atoms with Crippen LogP contribution in [-0.2, 0) is 0 Å². The smallest absolute Gasteiger partial charge is 0.189 e. The average Bonchev–Trinajstić information content (AvgIpc) is 2.55. The molecule has 26 heavy (non-hydrogen) atoms. The highest BCUT2D eigenvalue weighted by atomic mass is 127. The molecule has 1 heterocycles. The fourth-order valence-electron chi connectivity index (χ4n) is 2.98. The van der Waals surface area contributed by atoms with Crippen molar-refractivity contribution < 1.29 is 0 Å². The lowest BCUT2D eigenvalue weighted by molar-refractivity contribution is 0.140. The van der Waals surface area contributed by atoms with Gasteiger partial charge in [-0.2, -0.15) is 0 Å². The number of guanidine groups is 1. The summed E-state index contributed by atoms with van der Waals surface area (Å²) in [4.78, 5) is 9.36. The van der Waals surface area contributed by atoms with Gasteiger partial charge < -0.3 is 20.9 Å². The van der Waals surface area contributed by atoms with Crippen molar-refractivity contribution in [1.82, 2.24) is 15.1 Å². The standard InChI is InChI=1S/C18H29Cl2N5.HI/c1-13(12-25-8-6-24(3)7-9-25)11-22-18(21)23-14(2)16-5-4-15(19)10-17(16)20;/h4-5,10,13-14H,6-9,11-12H2,1-3H3,(H3,21,22,23);1H.